The van der Waals surface area contributed by atoms with E-state index in [4.69, 9.17) is 4.74 Å². The number of tetrazole rings is 1. The van der Waals surface area contributed by atoms with Crippen molar-refractivity contribution in [3.8, 4) is 5.75 Å². The lowest BCUT2D eigenvalue weighted by Crippen LogP contribution is -2.45. The van der Waals surface area contributed by atoms with E-state index in [1.165, 1.54) is 19.2 Å². The number of aromatic amines is 1. The molecule has 0 bridgehead atoms. The maximum Gasteiger partial charge on any atom is 0.420 e. The average Bonchev–Trinajstić information content (AvgIpc) is 3.44. The molecule has 3 N–H and O–H groups in total. The van der Waals surface area contributed by atoms with Gasteiger partial charge in [0.2, 0.25) is 0 Å². The molecule has 1 aliphatic rings. The topological polar surface area (TPSA) is 125 Å². The minimum Gasteiger partial charge on any atom is -0.496 e. The second-order valence-electron chi connectivity index (χ2n) is 11.2. The third-order valence-electron chi connectivity index (χ3n) is 7.52. The van der Waals surface area contributed by atoms with E-state index in [9.17, 15) is 22.8 Å². The van der Waals surface area contributed by atoms with Crippen LogP contribution >= 0.6 is 0 Å². The van der Waals surface area contributed by atoms with Gasteiger partial charge in [-0.25, -0.2) is 4.79 Å². The number of hydrogen-bond donors (Lipinski definition) is 3. The number of benzene rings is 2. The van der Waals surface area contributed by atoms with Crippen molar-refractivity contribution in [1.29, 1.82) is 0 Å². The summed E-state index contributed by atoms with van der Waals surface area (Å²) < 4.78 is 45.6. The van der Waals surface area contributed by atoms with Gasteiger partial charge in [0, 0.05) is 23.8 Å². The van der Waals surface area contributed by atoms with Crippen LogP contribution in [0.2, 0.25) is 0 Å². The summed E-state index contributed by atoms with van der Waals surface area (Å²) in [6.45, 7) is 6.84. The molecule has 1 fully saturated rings. The predicted molar refractivity (Wildman–Crippen MR) is 153 cm³/mol. The molecule has 3 aromatic rings. The minimum atomic E-state index is -4.64. The number of carbonyl (C=O) groups excluding carboxylic acids is 2. The number of nitrogens with one attached hydrogen (secondary N) is 3. The molecule has 4 rings (SSSR count). The standard InChI is InChI=1S/C28H34F3N7O3.CH4/c1-27(2,3)19-9-12-21(13-10-19)38(26(40)32-20-11-14-23(41-4)22(15-20)28(29,30)31)16-17-5-7-18(8-6-17)24(39)33-25-34-36-37-35-25;/h5-8,11,14-15,19,21H,9-10,12-13,16H2,1-4H3,(H,32,40)(H2,33,34,35,36,37,39);1H4. The first-order valence-corrected chi connectivity index (χ1v) is 13.3. The third-order valence-corrected chi connectivity index (χ3v) is 7.52. The van der Waals surface area contributed by atoms with Gasteiger partial charge >= 0.3 is 12.2 Å². The minimum absolute atomic E-state index is 0. The Kier molecular flexibility index (Phi) is 10.2. The Morgan fingerprint density at radius 3 is 2.24 bits per heavy atom. The normalized spacial score (nSPS) is 17.1. The van der Waals surface area contributed by atoms with Gasteiger partial charge in [-0.05, 0) is 78.1 Å². The molecular weight excluding hydrogens is 551 g/mol. The summed E-state index contributed by atoms with van der Waals surface area (Å²) in [6, 6.07) is 9.57. The van der Waals surface area contributed by atoms with Gasteiger partial charge in [-0.15, -0.1) is 5.10 Å². The first kappa shape index (κ1) is 32.4. The highest BCUT2D eigenvalue weighted by atomic mass is 19.4. The van der Waals surface area contributed by atoms with Gasteiger partial charge in [0.15, 0.2) is 0 Å². The van der Waals surface area contributed by atoms with Gasteiger partial charge in [0.1, 0.15) is 5.75 Å². The van der Waals surface area contributed by atoms with Crippen LogP contribution in [0.1, 0.15) is 75.4 Å². The van der Waals surface area contributed by atoms with Gasteiger partial charge in [0.25, 0.3) is 11.9 Å². The molecule has 2 aromatic carbocycles. The van der Waals surface area contributed by atoms with Gasteiger partial charge in [-0.3, -0.25) is 10.1 Å². The first-order valence-electron chi connectivity index (χ1n) is 13.3. The van der Waals surface area contributed by atoms with Crippen LogP contribution in [-0.4, -0.2) is 50.6 Å². The van der Waals surface area contributed by atoms with E-state index in [1.54, 1.807) is 29.2 Å². The van der Waals surface area contributed by atoms with E-state index in [2.05, 4.69) is 52.0 Å². The zero-order chi connectivity index (χ0) is 29.8. The quantitative estimate of drug-likeness (QED) is 0.280. The summed E-state index contributed by atoms with van der Waals surface area (Å²) in [4.78, 5) is 27.7. The van der Waals surface area contributed by atoms with Crippen molar-refractivity contribution in [3.63, 3.8) is 0 Å². The molecule has 42 heavy (non-hydrogen) atoms. The summed E-state index contributed by atoms with van der Waals surface area (Å²) in [5.74, 6) is -0.194. The molecule has 0 saturated heterocycles. The Morgan fingerprint density at radius 1 is 1.02 bits per heavy atom. The number of ether oxygens (including phenoxy) is 1. The number of alkyl halides is 3. The third kappa shape index (κ3) is 7.98. The van der Waals surface area contributed by atoms with E-state index in [0.29, 0.717) is 11.5 Å². The first-order chi connectivity index (χ1) is 19.3. The fourth-order valence-corrected chi connectivity index (χ4v) is 5.17. The van der Waals surface area contributed by atoms with Gasteiger partial charge in [-0.2, -0.15) is 18.4 Å². The van der Waals surface area contributed by atoms with Crippen molar-refractivity contribution in [2.45, 2.75) is 72.6 Å². The number of carbonyl (C=O) groups is 2. The summed E-state index contributed by atoms with van der Waals surface area (Å²) in [7, 11) is 1.17. The number of urea groups is 1. The Bertz CT molecular complexity index is 1330. The number of hydrogen-bond acceptors (Lipinski definition) is 6. The van der Waals surface area contributed by atoms with Crippen molar-refractivity contribution in [3.05, 3.63) is 59.2 Å². The van der Waals surface area contributed by atoms with E-state index >= 15 is 0 Å². The smallest absolute Gasteiger partial charge is 0.420 e. The lowest BCUT2D eigenvalue weighted by molar-refractivity contribution is -0.138. The summed E-state index contributed by atoms with van der Waals surface area (Å²) in [5, 5.41) is 18.2. The summed E-state index contributed by atoms with van der Waals surface area (Å²) >= 11 is 0. The lowest BCUT2D eigenvalue weighted by Gasteiger charge is -2.41. The zero-order valence-corrected chi connectivity index (χ0v) is 23.4. The van der Waals surface area contributed by atoms with Crippen LogP contribution in [0.15, 0.2) is 42.5 Å². The highest BCUT2D eigenvalue weighted by molar-refractivity contribution is 6.03. The van der Waals surface area contributed by atoms with Crippen LogP contribution in [0, 0.1) is 11.3 Å². The van der Waals surface area contributed by atoms with E-state index in [1.807, 2.05) is 0 Å². The second-order valence-corrected chi connectivity index (χ2v) is 11.2. The van der Waals surface area contributed by atoms with Crippen LogP contribution in [0.4, 0.5) is 29.6 Å². The molecule has 0 aliphatic heterocycles. The van der Waals surface area contributed by atoms with Gasteiger partial charge < -0.3 is 15.0 Å². The molecule has 0 spiro atoms. The Balaban J connectivity index is 0.00000484. The number of nitrogens with zero attached hydrogens (tertiary/aromatic N) is 4. The van der Waals surface area contributed by atoms with E-state index < -0.39 is 23.7 Å². The van der Waals surface area contributed by atoms with Gasteiger partial charge in [0.05, 0.1) is 12.7 Å². The number of amides is 3. The summed E-state index contributed by atoms with van der Waals surface area (Å²) in [5.41, 5.74) is 0.320. The Morgan fingerprint density at radius 2 is 1.69 bits per heavy atom. The second kappa shape index (κ2) is 13.2. The molecule has 3 amide bonds. The number of H-pyrrole nitrogens is 1. The highest BCUT2D eigenvalue weighted by Gasteiger charge is 2.36. The van der Waals surface area contributed by atoms with Crippen LogP contribution in [0.5, 0.6) is 5.75 Å². The highest BCUT2D eigenvalue weighted by Crippen LogP contribution is 2.40. The lowest BCUT2D eigenvalue weighted by atomic mass is 9.71. The Labute approximate surface area is 243 Å². The molecular formula is C29H38F3N7O3. The SMILES string of the molecule is C.COc1ccc(NC(=O)N(Cc2ccc(C(=O)Nc3nn[nH]n3)cc2)C2CCC(C(C)(C)C)CC2)cc1C(F)(F)F. The fourth-order valence-electron chi connectivity index (χ4n) is 5.17. The molecule has 0 radical (unpaired) electrons. The maximum atomic E-state index is 13.6. The molecule has 13 heteroatoms. The van der Waals surface area contributed by atoms with E-state index in [-0.39, 0.29) is 42.8 Å². The largest absolute Gasteiger partial charge is 0.496 e. The molecule has 1 aromatic heterocycles. The van der Waals surface area contributed by atoms with Crippen molar-refractivity contribution >= 4 is 23.6 Å². The predicted octanol–water partition coefficient (Wildman–Crippen LogP) is 6.75. The molecule has 228 valence electrons. The number of aromatic nitrogens is 4. The zero-order valence-electron chi connectivity index (χ0n) is 23.4. The molecule has 0 unspecified atom stereocenters. The molecule has 10 nitrogen and oxygen atoms in total. The van der Waals surface area contributed by atoms with Crippen LogP contribution in [0.3, 0.4) is 0 Å². The monoisotopic (exact) mass is 589 g/mol. The van der Waals surface area contributed by atoms with Crippen LogP contribution < -0.4 is 15.4 Å². The number of methoxy groups -OCH3 is 1. The fraction of sp³-hybridized carbons (Fsp3) is 0.483. The molecule has 1 aliphatic carbocycles. The molecule has 1 saturated carbocycles. The van der Waals surface area contributed by atoms with Crippen molar-refractivity contribution < 1.29 is 27.5 Å². The molecule has 1 heterocycles. The van der Waals surface area contributed by atoms with Gasteiger partial charge in [-0.1, -0.05) is 45.4 Å². The van der Waals surface area contributed by atoms with E-state index in [0.717, 1.165) is 37.3 Å². The van der Waals surface area contributed by atoms with Crippen molar-refractivity contribution in [1.82, 2.24) is 25.5 Å². The van der Waals surface area contributed by atoms with Crippen LogP contribution in [0.25, 0.3) is 0 Å². The average molecular weight is 590 g/mol. The number of rotatable bonds is 7. The van der Waals surface area contributed by atoms with Crippen molar-refractivity contribution in [2.24, 2.45) is 11.3 Å². The number of halogens is 3. The number of anilines is 2. The Hall–Kier alpha value is -4.16. The maximum absolute atomic E-state index is 13.6. The molecule has 0 atom stereocenters. The van der Waals surface area contributed by atoms with Crippen LogP contribution in [-0.2, 0) is 12.7 Å². The van der Waals surface area contributed by atoms with Crippen molar-refractivity contribution in [2.75, 3.05) is 17.7 Å². The summed E-state index contributed by atoms with van der Waals surface area (Å²) in [6.07, 6.45) is -1.22.